The van der Waals surface area contributed by atoms with Crippen molar-refractivity contribution in [2.45, 2.75) is 19.2 Å². The van der Waals surface area contributed by atoms with Crippen molar-refractivity contribution in [3.63, 3.8) is 0 Å². The molecule has 1 fully saturated rings. The summed E-state index contributed by atoms with van der Waals surface area (Å²) >= 11 is 1.57. The quantitative estimate of drug-likeness (QED) is 0.565. The van der Waals surface area contributed by atoms with E-state index in [1.807, 2.05) is 12.3 Å². The minimum Gasteiger partial charge on any atom is -0.364 e. The van der Waals surface area contributed by atoms with E-state index in [1.165, 1.54) is 10.6 Å². The molecule has 2 aromatic heterocycles. The van der Waals surface area contributed by atoms with E-state index in [0.29, 0.717) is 38.4 Å². The van der Waals surface area contributed by atoms with E-state index in [0.717, 1.165) is 17.5 Å². The highest BCUT2D eigenvalue weighted by Crippen LogP contribution is 2.13. The summed E-state index contributed by atoms with van der Waals surface area (Å²) < 4.78 is 31.2. The Bertz CT molecular complexity index is 797. The van der Waals surface area contributed by atoms with Gasteiger partial charge in [0.1, 0.15) is 17.0 Å². The molecule has 0 radical (unpaired) electrons. The van der Waals surface area contributed by atoms with Crippen LogP contribution in [0.5, 0.6) is 0 Å². The molecule has 1 aliphatic heterocycles. The summed E-state index contributed by atoms with van der Waals surface area (Å²) in [4.78, 5) is 10.9. The molecule has 9 nitrogen and oxygen atoms in total. The van der Waals surface area contributed by atoms with Gasteiger partial charge in [-0.1, -0.05) is 5.16 Å². The zero-order chi connectivity index (χ0) is 18.4. The smallest absolute Gasteiger partial charge is 0.220 e. The van der Waals surface area contributed by atoms with Gasteiger partial charge < -0.3 is 14.7 Å². The van der Waals surface area contributed by atoms with Crippen molar-refractivity contribution in [3.05, 3.63) is 34.6 Å². The third kappa shape index (κ3) is 4.80. The zero-order valence-electron chi connectivity index (χ0n) is 14.5. The van der Waals surface area contributed by atoms with Gasteiger partial charge >= 0.3 is 0 Å². The lowest BCUT2D eigenvalue weighted by Crippen LogP contribution is -2.53. The fourth-order valence-electron chi connectivity index (χ4n) is 2.67. The molecular weight excluding hydrogens is 376 g/mol. The molecule has 3 heterocycles. The van der Waals surface area contributed by atoms with Gasteiger partial charge in [-0.2, -0.15) is 4.31 Å². The molecule has 1 saturated heterocycles. The maximum Gasteiger partial charge on any atom is 0.220 e. The van der Waals surface area contributed by atoms with Crippen LogP contribution >= 0.6 is 11.3 Å². The van der Waals surface area contributed by atoms with Crippen LogP contribution in [-0.2, 0) is 22.3 Å². The van der Waals surface area contributed by atoms with Crippen molar-refractivity contribution in [3.8, 4) is 0 Å². The first kappa shape index (κ1) is 18.8. The first-order valence-electron chi connectivity index (χ1n) is 8.37. The average molecular weight is 399 g/mol. The van der Waals surface area contributed by atoms with Crippen molar-refractivity contribution in [1.82, 2.24) is 24.7 Å². The Labute approximate surface area is 156 Å². The molecule has 0 atom stereocenters. The van der Waals surface area contributed by atoms with E-state index < -0.39 is 10.0 Å². The summed E-state index contributed by atoms with van der Waals surface area (Å²) in [6.07, 6.45) is 3.14. The average Bonchev–Trinajstić information content (AvgIpc) is 3.32. The maximum absolute atomic E-state index is 12.5. The standard InChI is InChI=1S/C15H22N6O3S2/c1-2-16-15(18-11-14-17-4-10-25-14)20-5-7-21(8-6-20)26(22,23)12-13-3-9-24-19-13/h3-4,9-10H,2,5-8,11-12H2,1H3,(H,16,18). The molecule has 142 valence electrons. The molecule has 26 heavy (non-hydrogen) atoms. The van der Waals surface area contributed by atoms with E-state index in [9.17, 15) is 8.42 Å². The molecule has 3 rings (SSSR count). The Kier molecular flexibility index (Phi) is 6.22. The first-order valence-corrected chi connectivity index (χ1v) is 10.9. The number of guanidine groups is 1. The summed E-state index contributed by atoms with van der Waals surface area (Å²) in [6, 6.07) is 1.57. The van der Waals surface area contributed by atoms with Gasteiger partial charge in [0.2, 0.25) is 10.0 Å². The van der Waals surface area contributed by atoms with Crippen molar-refractivity contribution in [2.24, 2.45) is 4.99 Å². The minimum atomic E-state index is -3.40. The molecule has 1 N–H and O–H groups in total. The summed E-state index contributed by atoms with van der Waals surface area (Å²) in [6.45, 7) is 5.29. The van der Waals surface area contributed by atoms with Crippen molar-refractivity contribution in [1.29, 1.82) is 0 Å². The molecule has 0 saturated carbocycles. The van der Waals surface area contributed by atoms with Gasteiger partial charge in [-0.05, 0) is 6.92 Å². The molecule has 0 amide bonds. The Morgan fingerprint density at radius 1 is 1.38 bits per heavy atom. The molecule has 11 heteroatoms. The number of hydrogen-bond donors (Lipinski definition) is 1. The summed E-state index contributed by atoms with van der Waals surface area (Å²) in [5.74, 6) is 0.651. The third-order valence-electron chi connectivity index (χ3n) is 3.94. The summed E-state index contributed by atoms with van der Waals surface area (Å²) in [7, 11) is -3.40. The monoisotopic (exact) mass is 398 g/mol. The molecular formula is C15H22N6O3S2. The van der Waals surface area contributed by atoms with Gasteiger partial charge in [-0.3, -0.25) is 0 Å². The van der Waals surface area contributed by atoms with Gasteiger partial charge in [0.15, 0.2) is 5.96 Å². The number of rotatable bonds is 6. The largest absolute Gasteiger partial charge is 0.364 e. The van der Waals surface area contributed by atoms with Crippen molar-refractivity contribution >= 4 is 27.3 Å². The lowest BCUT2D eigenvalue weighted by atomic mass is 10.4. The zero-order valence-corrected chi connectivity index (χ0v) is 16.2. The number of nitrogens with zero attached hydrogens (tertiary/aromatic N) is 5. The Hall–Kier alpha value is -1.98. The minimum absolute atomic E-state index is 0.137. The fourth-order valence-corrected chi connectivity index (χ4v) is 4.63. The van der Waals surface area contributed by atoms with Crippen LogP contribution in [0.3, 0.4) is 0 Å². The second-order valence-electron chi connectivity index (χ2n) is 5.73. The van der Waals surface area contributed by atoms with Crippen LogP contribution in [-0.4, -0.2) is 66.4 Å². The molecule has 0 unspecified atom stereocenters. The third-order valence-corrected chi connectivity index (χ3v) is 6.51. The van der Waals surface area contributed by atoms with Crippen LogP contribution in [0.1, 0.15) is 17.6 Å². The van der Waals surface area contributed by atoms with Gasteiger partial charge in [-0.15, -0.1) is 11.3 Å². The van der Waals surface area contributed by atoms with Gasteiger partial charge in [0.25, 0.3) is 0 Å². The summed E-state index contributed by atoms with van der Waals surface area (Å²) in [5, 5.41) is 9.83. The number of thiazole rings is 1. The Morgan fingerprint density at radius 2 is 2.19 bits per heavy atom. The van der Waals surface area contributed by atoms with Gasteiger partial charge in [0.05, 0.1) is 12.2 Å². The Balaban J connectivity index is 1.59. The van der Waals surface area contributed by atoms with Gasteiger partial charge in [-0.25, -0.2) is 18.4 Å². The SMILES string of the molecule is CCNC(=NCc1nccs1)N1CCN(S(=O)(=O)Cc2ccon2)CC1. The molecule has 0 bridgehead atoms. The Morgan fingerprint density at radius 3 is 2.81 bits per heavy atom. The topological polar surface area (TPSA) is 104 Å². The van der Waals surface area contributed by atoms with Crippen LogP contribution in [0.4, 0.5) is 0 Å². The van der Waals surface area contributed by atoms with Crippen LogP contribution < -0.4 is 5.32 Å². The highest BCUT2D eigenvalue weighted by atomic mass is 32.2. The van der Waals surface area contributed by atoms with Crippen LogP contribution in [0.2, 0.25) is 0 Å². The number of piperazine rings is 1. The van der Waals surface area contributed by atoms with Gasteiger partial charge in [0, 0.05) is 50.4 Å². The molecule has 0 aromatic carbocycles. The number of aliphatic imine (C=N–C) groups is 1. The predicted molar refractivity (Wildman–Crippen MR) is 99.2 cm³/mol. The van der Waals surface area contributed by atoms with Crippen molar-refractivity contribution in [2.75, 3.05) is 32.7 Å². The molecule has 1 aliphatic rings. The van der Waals surface area contributed by atoms with Crippen LogP contribution in [0.25, 0.3) is 0 Å². The highest BCUT2D eigenvalue weighted by Gasteiger charge is 2.28. The molecule has 0 spiro atoms. The normalized spacial score (nSPS) is 16.8. The van der Waals surface area contributed by atoms with E-state index in [4.69, 9.17) is 4.52 Å². The molecule has 2 aromatic rings. The second kappa shape index (κ2) is 8.60. The van der Waals surface area contributed by atoms with Crippen molar-refractivity contribution < 1.29 is 12.9 Å². The van der Waals surface area contributed by atoms with E-state index >= 15 is 0 Å². The van der Waals surface area contributed by atoms with E-state index in [-0.39, 0.29) is 5.75 Å². The lowest BCUT2D eigenvalue weighted by Gasteiger charge is -2.35. The number of sulfonamides is 1. The molecule has 0 aliphatic carbocycles. The second-order valence-corrected chi connectivity index (χ2v) is 8.68. The number of aromatic nitrogens is 2. The number of hydrogen-bond acceptors (Lipinski definition) is 7. The number of nitrogens with one attached hydrogen (secondary N) is 1. The highest BCUT2D eigenvalue weighted by molar-refractivity contribution is 7.88. The fraction of sp³-hybridized carbons (Fsp3) is 0.533. The lowest BCUT2D eigenvalue weighted by molar-refractivity contribution is 0.259. The maximum atomic E-state index is 12.5. The van der Waals surface area contributed by atoms with Crippen LogP contribution in [0.15, 0.2) is 33.4 Å². The first-order chi connectivity index (χ1) is 12.6. The van der Waals surface area contributed by atoms with E-state index in [1.54, 1.807) is 23.6 Å². The van der Waals surface area contributed by atoms with E-state index in [2.05, 4.69) is 25.3 Å². The van der Waals surface area contributed by atoms with Crippen LogP contribution in [0, 0.1) is 0 Å². The predicted octanol–water partition coefficient (Wildman–Crippen LogP) is 0.744. The summed E-state index contributed by atoms with van der Waals surface area (Å²) in [5.41, 5.74) is 0.422.